The standard InChI is InChI=1S/C34H44N6O5/c1-32(2,3)45-31(44)38-33(4,5)29(42)37-26(18-23-20-36-25-15-11-10-14-24(23)25)28(41)40-27-16-17-35-21-34(27,30(43)39(40)6)19-22-12-8-7-9-13-22/h7-15,20,26-27,35-36H,16-19,21H2,1-6H3,(H,37,42)(H,38,44)/t26-,27?,34-/m1/s1. The van der Waals surface area contributed by atoms with Gasteiger partial charge in [0.2, 0.25) is 5.91 Å². The number of hydrazine groups is 1. The van der Waals surface area contributed by atoms with Crippen LogP contribution in [0.15, 0.2) is 60.8 Å². The summed E-state index contributed by atoms with van der Waals surface area (Å²) < 4.78 is 5.38. The summed E-state index contributed by atoms with van der Waals surface area (Å²) in [7, 11) is 1.63. The molecule has 11 nitrogen and oxygen atoms in total. The monoisotopic (exact) mass is 616 g/mol. The van der Waals surface area contributed by atoms with Gasteiger partial charge in [-0.05, 0) is 71.2 Å². The molecule has 2 fully saturated rings. The van der Waals surface area contributed by atoms with Crippen LogP contribution in [0.25, 0.3) is 10.9 Å². The lowest BCUT2D eigenvalue weighted by atomic mass is 9.72. The normalized spacial score (nSPS) is 20.9. The van der Waals surface area contributed by atoms with Crippen molar-refractivity contribution in [3.8, 4) is 0 Å². The summed E-state index contributed by atoms with van der Waals surface area (Å²) in [6.45, 7) is 9.42. The summed E-state index contributed by atoms with van der Waals surface area (Å²) in [5, 5.41) is 12.9. The van der Waals surface area contributed by atoms with E-state index in [1.54, 1.807) is 46.7 Å². The maximum atomic E-state index is 14.7. The van der Waals surface area contributed by atoms with Gasteiger partial charge in [0.25, 0.3) is 11.8 Å². The number of benzene rings is 2. The van der Waals surface area contributed by atoms with Crippen molar-refractivity contribution in [2.75, 3.05) is 20.1 Å². The highest BCUT2D eigenvalue weighted by Crippen LogP contribution is 2.43. The molecule has 1 unspecified atom stereocenters. The van der Waals surface area contributed by atoms with Crippen LogP contribution in [0.5, 0.6) is 0 Å². The summed E-state index contributed by atoms with van der Waals surface area (Å²) in [4.78, 5) is 58.3. The van der Waals surface area contributed by atoms with Crippen molar-refractivity contribution < 1.29 is 23.9 Å². The number of nitrogens with one attached hydrogen (secondary N) is 4. The van der Waals surface area contributed by atoms with Crippen LogP contribution in [-0.2, 0) is 32.0 Å². The zero-order valence-corrected chi connectivity index (χ0v) is 26.9. The highest BCUT2D eigenvalue weighted by atomic mass is 16.6. The average molecular weight is 617 g/mol. The SMILES string of the molecule is CN1C(=O)[C@]2(Cc3ccccc3)CNCCC2N1C(=O)[C@@H](Cc1c[nH]c2ccccc12)NC(=O)C(C)(C)NC(=O)OC(C)(C)C. The number of fused-ring (bicyclic) bond motifs is 2. The van der Waals surface area contributed by atoms with Crippen molar-refractivity contribution in [3.05, 3.63) is 71.9 Å². The van der Waals surface area contributed by atoms with E-state index in [1.165, 1.54) is 5.01 Å². The lowest BCUT2D eigenvalue weighted by molar-refractivity contribution is -0.156. The number of rotatable bonds is 8. The number of aromatic amines is 1. The molecule has 0 bridgehead atoms. The highest BCUT2D eigenvalue weighted by Gasteiger charge is 2.60. The van der Waals surface area contributed by atoms with E-state index >= 15 is 0 Å². The van der Waals surface area contributed by atoms with Crippen LogP contribution in [0.3, 0.4) is 0 Å². The number of alkyl carbamates (subject to hydrolysis) is 1. The topological polar surface area (TPSA) is 136 Å². The minimum Gasteiger partial charge on any atom is -0.444 e. The molecule has 0 saturated carbocycles. The summed E-state index contributed by atoms with van der Waals surface area (Å²) in [5.41, 5.74) is -0.239. The van der Waals surface area contributed by atoms with Crippen LogP contribution in [0.2, 0.25) is 0 Å². The first-order valence-corrected chi connectivity index (χ1v) is 15.4. The molecule has 5 rings (SSSR count). The second kappa shape index (κ2) is 12.2. The number of ether oxygens (including phenoxy) is 1. The van der Waals surface area contributed by atoms with Gasteiger partial charge in [0.05, 0.1) is 11.5 Å². The second-order valence-electron chi connectivity index (χ2n) is 13.7. The molecule has 240 valence electrons. The van der Waals surface area contributed by atoms with E-state index in [1.807, 2.05) is 60.8 Å². The smallest absolute Gasteiger partial charge is 0.408 e. The third kappa shape index (κ3) is 6.54. The molecule has 2 saturated heterocycles. The Bertz CT molecular complexity index is 1580. The van der Waals surface area contributed by atoms with Gasteiger partial charge in [-0.2, -0.15) is 0 Å². The first-order valence-electron chi connectivity index (χ1n) is 15.4. The van der Waals surface area contributed by atoms with E-state index in [-0.39, 0.29) is 18.2 Å². The molecule has 2 aromatic carbocycles. The summed E-state index contributed by atoms with van der Waals surface area (Å²) >= 11 is 0. The number of carbonyl (C=O) groups is 4. The highest BCUT2D eigenvalue weighted by molar-refractivity contribution is 5.97. The van der Waals surface area contributed by atoms with Crippen molar-refractivity contribution in [2.45, 2.75) is 77.1 Å². The summed E-state index contributed by atoms with van der Waals surface area (Å²) in [5.74, 6) is -1.08. The fraction of sp³-hybridized carbons (Fsp3) is 0.471. The number of hydrogen-bond acceptors (Lipinski definition) is 6. The van der Waals surface area contributed by atoms with Gasteiger partial charge >= 0.3 is 6.09 Å². The molecule has 0 radical (unpaired) electrons. The molecule has 3 heterocycles. The molecule has 11 heteroatoms. The molecular weight excluding hydrogens is 572 g/mol. The zero-order chi connectivity index (χ0) is 32.6. The van der Waals surface area contributed by atoms with Crippen LogP contribution >= 0.6 is 0 Å². The van der Waals surface area contributed by atoms with Crippen molar-refractivity contribution in [2.24, 2.45) is 5.41 Å². The van der Waals surface area contributed by atoms with Gasteiger partial charge in [0.15, 0.2) is 0 Å². The molecule has 4 amide bonds. The molecule has 3 aromatic rings. The first-order chi connectivity index (χ1) is 21.2. The van der Waals surface area contributed by atoms with E-state index in [0.29, 0.717) is 25.9 Å². The third-order valence-electron chi connectivity index (χ3n) is 8.68. The Balaban J connectivity index is 1.47. The molecule has 45 heavy (non-hydrogen) atoms. The van der Waals surface area contributed by atoms with Gasteiger partial charge in [-0.15, -0.1) is 0 Å². The Hall–Kier alpha value is -4.38. The van der Waals surface area contributed by atoms with Gasteiger partial charge in [-0.1, -0.05) is 48.5 Å². The van der Waals surface area contributed by atoms with Crippen molar-refractivity contribution in [1.82, 2.24) is 31.0 Å². The molecule has 3 atom stereocenters. The van der Waals surface area contributed by atoms with Gasteiger partial charge < -0.3 is 25.7 Å². The van der Waals surface area contributed by atoms with Gasteiger partial charge in [0, 0.05) is 37.1 Å². The molecule has 4 N–H and O–H groups in total. The Morgan fingerprint density at radius 2 is 1.73 bits per heavy atom. The third-order valence-corrected chi connectivity index (χ3v) is 8.68. The number of hydrogen-bond donors (Lipinski definition) is 4. The van der Waals surface area contributed by atoms with Crippen LogP contribution in [0, 0.1) is 5.41 Å². The van der Waals surface area contributed by atoms with E-state index in [9.17, 15) is 19.2 Å². The Labute approximate surface area is 264 Å². The molecular formula is C34H44N6O5. The van der Waals surface area contributed by atoms with Crippen molar-refractivity contribution in [3.63, 3.8) is 0 Å². The maximum Gasteiger partial charge on any atom is 0.408 e. The molecule has 1 aromatic heterocycles. The Morgan fingerprint density at radius 3 is 2.44 bits per heavy atom. The zero-order valence-electron chi connectivity index (χ0n) is 26.9. The number of nitrogens with zero attached hydrogens (tertiary/aromatic N) is 2. The number of para-hydroxylation sites is 1. The lowest BCUT2D eigenvalue weighted by Crippen LogP contribution is -2.62. The van der Waals surface area contributed by atoms with Crippen LogP contribution in [0.1, 0.15) is 52.2 Å². The number of aromatic nitrogens is 1. The quantitative estimate of drug-likeness (QED) is 0.307. The Morgan fingerprint density at radius 1 is 1.04 bits per heavy atom. The van der Waals surface area contributed by atoms with Crippen LogP contribution < -0.4 is 16.0 Å². The number of amides is 4. The molecule has 0 aliphatic carbocycles. The maximum absolute atomic E-state index is 14.7. The Kier molecular flexibility index (Phi) is 8.68. The van der Waals surface area contributed by atoms with Gasteiger partial charge in [-0.25, -0.2) is 9.80 Å². The van der Waals surface area contributed by atoms with Crippen molar-refractivity contribution in [1.29, 1.82) is 0 Å². The fourth-order valence-corrected chi connectivity index (χ4v) is 6.50. The second-order valence-corrected chi connectivity index (χ2v) is 13.7. The van der Waals surface area contributed by atoms with E-state index in [0.717, 1.165) is 22.0 Å². The van der Waals surface area contributed by atoms with E-state index in [2.05, 4.69) is 20.9 Å². The molecule has 2 aliphatic rings. The van der Waals surface area contributed by atoms with E-state index in [4.69, 9.17) is 4.74 Å². The van der Waals surface area contributed by atoms with Crippen molar-refractivity contribution >= 4 is 34.7 Å². The number of carbonyl (C=O) groups excluding carboxylic acids is 4. The lowest BCUT2D eigenvalue weighted by Gasteiger charge is -2.40. The van der Waals surface area contributed by atoms with Crippen LogP contribution in [0.4, 0.5) is 4.79 Å². The number of H-pyrrole nitrogens is 1. The van der Waals surface area contributed by atoms with Crippen LogP contribution in [-0.4, -0.2) is 82.2 Å². The fourth-order valence-electron chi connectivity index (χ4n) is 6.50. The predicted octanol–water partition coefficient (Wildman–Crippen LogP) is 3.31. The molecule has 2 aliphatic heterocycles. The minimum absolute atomic E-state index is 0.138. The minimum atomic E-state index is -1.40. The number of piperidine rings is 1. The molecule has 0 spiro atoms. The first kappa shape index (κ1) is 32.0. The summed E-state index contributed by atoms with van der Waals surface area (Å²) in [6.07, 6.45) is 2.32. The average Bonchev–Trinajstić information content (AvgIpc) is 3.47. The predicted molar refractivity (Wildman–Crippen MR) is 171 cm³/mol. The van der Waals surface area contributed by atoms with Gasteiger partial charge in [-0.3, -0.25) is 19.4 Å². The van der Waals surface area contributed by atoms with E-state index < -0.39 is 40.6 Å². The summed E-state index contributed by atoms with van der Waals surface area (Å²) in [6, 6.07) is 16.1. The largest absolute Gasteiger partial charge is 0.444 e. The van der Waals surface area contributed by atoms with Gasteiger partial charge in [0.1, 0.15) is 17.2 Å².